The minimum absolute atomic E-state index is 0.102. The Labute approximate surface area is 188 Å². The van der Waals surface area contributed by atoms with Gasteiger partial charge in [0.1, 0.15) is 11.8 Å². The number of rotatable bonds is 7. The molecular formula is C23H18N6O2S. The molecule has 32 heavy (non-hydrogen) atoms. The molecule has 8 nitrogen and oxygen atoms in total. The fourth-order valence-corrected chi connectivity index (χ4v) is 3.77. The predicted molar refractivity (Wildman–Crippen MR) is 122 cm³/mol. The molecule has 4 rings (SSSR count). The molecule has 0 unspecified atom stereocenters. The number of nitriles is 1. The Morgan fingerprint density at radius 3 is 2.56 bits per heavy atom. The van der Waals surface area contributed by atoms with Crippen LogP contribution in [-0.4, -0.2) is 38.5 Å². The number of para-hydroxylation sites is 1. The van der Waals surface area contributed by atoms with Crippen LogP contribution in [0.25, 0.3) is 17.1 Å². The maximum atomic E-state index is 12.5. The molecule has 0 spiro atoms. The van der Waals surface area contributed by atoms with Gasteiger partial charge in [-0.1, -0.05) is 23.9 Å². The Kier molecular flexibility index (Phi) is 6.43. The lowest BCUT2D eigenvalue weighted by molar-refractivity contribution is -0.113. The van der Waals surface area contributed by atoms with Crippen molar-refractivity contribution in [1.82, 2.24) is 19.7 Å². The number of anilines is 1. The van der Waals surface area contributed by atoms with Crippen LogP contribution in [0.1, 0.15) is 5.56 Å². The lowest BCUT2D eigenvalue weighted by atomic mass is 10.2. The summed E-state index contributed by atoms with van der Waals surface area (Å²) >= 11 is 1.26. The van der Waals surface area contributed by atoms with Gasteiger partial charge in [0.05, 0.1) is 24.1 Å². The number of methoxy groups -OCH3 is 1. The maximum Gasteiger partial charge on any atom is 0.234 e. The third-order valence-electron chi connectivity index (χ3n) is 4.56. The molecule has 2 aromatic carbocycles. The smallest absolute Gasteiger partial charge is 0.234 e. The summed E-state index contributed by atoms with van der Waals surface area (Å²) in [4.78, 5) is 16.6. The normalized spacial score (nSPS) is 10.4. The van der Waals surface area contributed by atoms with Gasteiger partial charge in [0.15, 0.2) is 11.0 Å². The van der Waals surface area contributed by atoms with Crippen molar-refractivity contribution in [3.63, 3.8) is 0 Å². The minimum atomic E-state index is -0.243. The van der Waals surface area contributed by atoms with Crippen LogP contribution in [0.15, 0.2) is 78.2 Å². The summed E-state index contributed by atoms with van der Waals surface area (Å²) in [6, 6.07) is 20.2. The highest BCUT2D eigenvalue weighted by molar-refractivity contribution is 7.99. The van der Waals surface area contributed by atoms with E-state index < -0.39 is 0 Å². The monoisotopic (exact) mass is 442 g/mol. The van der Waals surface area contributed by atoms with Gasteiger partial charge in [-0.3, -0.25) is 14.3 Å². The number of nitrogens with one attached hydrogen (secondary N) is 1. The van der Waals surface area contributed by atoms with E-state index in [1.54, 1.807) is 43.8 Å². The van der Waals surface area contributed by atoms with Gasteiger partial charge in [-0.15, -0.1) is 10.2 Å². The molecule has 0 atom stereocenters. The molecule has 0 aliphatic carbocycles. The summed E-state index contributed by atoms with van der Waals surface area (Å²) < 4.78 is 7.14. The van der Waals surface area contributed by atoms with Gasteiger partial charge < -0.3 is 10.1 Å². The average molecular weight is 443 g/mol. The van der Waals surface area contributed by atoms with Gasteiger partial charge in [-0.2, -0.15) is 5.26 Å². The number of carbonyl (C=O) groups excluding carboxylic acids is 1. The van der Waals surface area contributed by atoms with E-state index in [-0.39, 0.29) is 11.7 Å². The van der Waals surface area contributed by atoms with Gasteiger partial charge in [0.2, 0.25) is 5.91 Å². The van der Waals surface area contributed by atoms with Crippen molar-refractivity contribution in [2.24, 2.45) is 0 Å². The van der Waals surface area contributed by atoms with Crippen LogP contribution < -0.4 is 10.1 Å². The van der Waals surface area contributed by atoms with Gasteiger partial charge in [-0.05, 0) is 48.5 Å². The molecule has 0 bridgehead atoms. The topological polar surface area (TPSA) is 106 Å². The SMILES string of the molecule is COc1ccc(-n2c(SCC(=O)Nc3ccccc3C#N)nnc2-c2ccncc2)cc1. The number of nitrogens with zero attached hydrogens (tertiary/aromatic N) is 5. The van der Waals surface area contributed by atoms with E-state index >= 15 is 0 Å². The first-order chi connectivity index (χ1) is 15.7. The molecule has 0 saturated carbocycles. The summed E-state index contributed by atoms with van der Waals surface area (Å²) in [5.74, 6) is 1.23. The van der Waals surface area contributed by atoms with Crippen LogP contribution in [0.4, 0.5) is 5.69 Å². The van der Waals surface area contributed by atoms with Crippen LogP contribution in [0, 0.1) is 11.3 Å². The molecule has 0 aliphatic heterocycles. The van der Waals surface area contributed by atoms with Crippen LogP contribution in [-0.2, 0) is 4.79 Å². The van der Waals surface area contributed by atoms with Crippen molar-refractivity contribution in [2.75, 3.05) is 18.2 Å². The second kappa shape index (κ2) is 9.76. The Morgan fingerprint density at radius 1 is 1.09 bits per heavy atom. The molecule has 0 aliphatic rings. The van der Waals surface area contributed by atoms with Gasteiger partial charge in [0, 0.05) is 23.6 Å². The van der Waals surface area contributed by atoms with E-state index in [0.717, 1.165) is 17.0 Å². The largest absolute Gasteiger partial charge is 0.497 e. The average Bonchev–Trinajstić information content (AvgIpc) is 3.27. The second-order valence-electron chi connectivity index (χ2n) is 6.57. The molecule has 1 amide bonds. The van der Waals surface area contributed by atoms with E-state index in [9.17, 15) is 10.1 Å². The van der Waals surface area contributed by atoms with Gasteiger partial charge in [0.25, 0.3) is 0 Å². The molecule has 1 N–H and O–H groups in total. The first-order valence-electron chi connectivity index (χ1n) is 9.61. The van der Waals surface area contributed by atoms with Crippen LogP contribution in [0.5, 0.6) is 5.75 Å². The Balaban J connectivity index is 1.60. The van der Waals surface area contributed by atoms with Crippen LogP contribution >= 0.6 is 11.8 Å². The highest BCUT2D eigenvalue weighted by atomic mass is 32.2. The molecule has 9 heteroatoms. The minimum Gasteiger partial charge on any atom is -0.497 e. The molecule has 0 radical (unpaired) electrons. The zero-order chi connectivity index (χ0) is 22.3. The van der Waals surface area contributed by atoms with Crippen molar-refractivity contribution < 1.29 is 9.53 Å². The number of hydrogen-bond donors (Lipinski definition) is 1. The second-order valence-corrected chi connectivity index (χ2v) is 7.51. The van der Waals surface area contributed by atoms with E-state index in [2.05, 4.69) is 26.6 Å². The molecular weight excluding hydrogens is 424 g/mol. The van der Waals surface area contributed by atoms with E-state index in [1.807, 2.05) is 41.0 Å². The van der Waals surface area contributed by atoms with Gasteiger partial charge >= 0.3 is 0 Å². The summed E-state index contributed by atoms with van der Waals surface area (Å²) in [6.07, 6.45) is 3.38. The standard InChI is InChI=1S/C23H18N6O2S/c1-31-19-8-6-18(7-9-19)29-22(16-10-12-25-13-11-16)27-28-23(29)32-15-21(30)26-20-5-3-2-4-17(20)14-24/h2-13H,15H2,1H3,(H,26,30). The number of ether oxygens (including phenoxy) is 1. The molecule has 158 valence electrons. The third kappa shape index (κ3) is 4.61. The first kappa shape index (κ1) is 21.1. The summed E-state index contributed by atoms with van der Waals surface area (Å²) in [6.45, 7) is 0. The lowest BCUT2D eigenvalue weighted by Crippen LogP contribution is -2.15. The van der Waals surface area contributed by atoms with E-state index in [1.165, 1.54) is 11.8 Å². The molecule has 2 heterocycles. The number of hydrogen-bond acceptors (Lipinski definition) is 7. The Bertz CT molecular complexity index is 1270. The van der Waals surface area contributed by atoms with Crippen molar-refractivity contribution in [3.05, 3.63) is 78.6 Å². The number of pyridine rings is 1. The van der Waals surface area contributed by atoms with Crippen molar-refractivity contribution in [1.29, 1.82) is 5.26 Å². The number of thioether (sulfide) groups is 1. The summed E-state index contributed by atoms with van der Waals surface area (Å²) in [5.41, 5.74) is 2.57. The molecule has 0 saturated heterocycles. The number of aromatic nitrogens is 4. The number of benzene rings is 2. The number of carbonyl (C=O) groups is 1. The zero-order valence-corrected chi connectivity index (χ0v) is 17.9. The van der Waals surface area contributed by atoms with E-state index in [0.29, 0.717) is 22.2 Å². The molecule has 2 aromatic heterocycles. The summed E-state index contributed by atoms with van der Waals surface area (Å²) in [5, 5.41) is 21.2. The third-order valence-corrected chi connectivity index (χ3v) is 5.49. The van der Waals surface area contributed by atoms with Gasteiger partial charge in [-0.25, -0.2) is 0 Å². The highest BCUT2D eigenvalue weighted by Crippen LogP contribution is 2.29. The van der Waals surface area contributed by atoms with Crippen molar-refractivity contribution in [3.8, 4) is 28.9 Å². The fourth-order valence-electron chi connectivity index (χ4n) is 3.02. The quantitative estimate of drug-likeness (QED) is 0.432. The maximum absolute atomic E-state index is 12.5. The number of amides is 1. The fraction of sp³-hybridized carbons (Fsp3) is 0.0870. The van der Waals surface area contributed by atoms with Crippen LogP contribution in [0.3, 0.4) is 0 Å². The Morgan fingerprint density at radius 2 is 1.84 bits per heavy atom. The van der Waals surface area contributed by atoms with Crippen LogP contribution in [0.2, 0.25) is 0 Å². The first-order valence-corrected chi connectivity index (χ1v) is 10.6. The zero-order valence-electron chi connectivity index (χ0n) is 17.1. The Hall–Kier alpha value is -4.16. The summed E-state index contributed by atoms with van der Waals surface area (Å²) in [7, 11) is 1.61. The lowest BCUT2D eigenvalue weighted by Gasteiger charge is -2.11. The molecule has 0 fully saturated rings. The van der Waals surface area contributed by atoms with E-state index in [4.69, 9.17) is 4.74 Å². The predicted octanol–water partition coefficient (Wildman–Crippen LogP) is 3.94. The molecule has 4 aromatic rings. The van der Waals surface area contributed by atoms with Crippen molar-refractivity contribution >= 4 is 23.4 Å². The van der Waals surface area contributed by atoms with Crippen molar-refractivity contribution in [2.45, 2.75) is 5.16 Å². The highest BCUT2D eigenvalue weighted by Gasteiger charge is 2.18.